The summed E-state index contributed by atoms with van der Waals surface area (Å²) in [5.74, 6) is 1.04. The predicted octanol–water partition coefficient (Wildman–Crippen LogP) is 2.39. The molecule has 1 saturated carbocycles. The van der Waals surface area contributed by atoms with Gasteiger partial charge in [0, 0.05) is 22.8 Å². The van der Waals surface area contributed by atoms with Crippen LogP contribution in [0.4, 0.5) is 0 Å². The molecule has 1 fully saturated rings. The van der Waals surface area contributed by atoms with Gasteiger partial charge >= 0.3 is 0 Å². The Bertz CT molecular complexity index is 564. The van der Waals surface area contributed by atoms with Crippen molar-refractivity contribution >= 4 is 25.6 Å². The molecule has 0 aliphatic heterocycles. The zero-order valence-electron chi connectivity index (χ0n) is 10.6. The number of carbonyl (C=O) groups excluding carboxylic acids is 1. The lowest BCUT2D eigenvalue weighted by Gasteiger charge is -2.11. The van der Waals surface area contributed by atoms with E-state index in [0.717, 1.165) is 5.92 Å². The Morgan fingerprint density at radius 2 is 1.95 bits per heavy atom. The van der Waals surface area contributed by atoms with E-state index >= 15 is 0 Å². The number of rotatable bonds is 5. The van der Waals surface area contributed by atoms with E-state index < -0.39 is 9.05 Å². The van der Waals surface area contributed by atoms with E-state index in [1.54, 1.807) is 0 Å². The Hall–Kier alpha value is -1.07. The summed E-state index contributed by atoms with van der Waals surface area (Å²) in [6, 6.07) is 5.60. The summed E-state index contributed by atoms with van der Waals surface area (Å²) in [6.45, 7) is 2.78. The van der Waals surface area contributed by atoms with E-state index in [4.69, 9.17) is 10.7 Å². The molecule has 0 heterocycles. The van der Waals surface area contributed by atoms with Crippen LogP contribution in [-0.2, 0) is 9.05 Å². The SMILES string of the molecule is CC(CNC(=O)c1ccc(S(=O)(=O)Cl)cc1)C1CC1. The van der Waals surface area contributed by atoms with E-state index in [1.807, 2.05) is 0 Å². The molecular weight excluding hydrogens is 286 g/mol. The summed E-state index contributed by atoms with van der Waals surface area (Å²) >= 11 is 0. The predicted molar refractivity (Wildman–Crippen MR) is 73.7 cm³/mol. The van der Waals surface area contributed by atoms with Crippen molar-refractivity contribution in [2.24, 2.45) is 11.8 Å². The lowest BCUT2D eigenvalue weighted by molar-refractivity contribution is 0.0946. The minimum atomic E-state index is -3.73. The second kappa shape index (κ2) is 5.51. The molecule has 1 amide bonds. The second-order valence-electron chi connectivity index (χ2n) is 4.99. The quantitative estimate of drug-likeness (QED) is 0.849. The van der Waals surface area contributed by atoms with Crippen LogP contribution in [0.15, 0.2) is 29.2 Å². The van der Waals surface area contributed by atoms with Crippen molar-refractivity contribution < 1.29 is 13.2 Å². The number of carbonyl (C=O) groups is 1. The van der Waals surface area contributed by atoms with Gasteiger partial charge in [0.1, 0.15) is 0 Å². The highest BCUT2D eigenvalue weighted by molar-refractivity contribution is 8.13. The molecule has 0 spiro atoms. The molecular formula is C13H16ClNO3S. The van der Waals surface area contributed by atoms with Crippen LogP contribution >= 0.6 is 10.7 Å². The van der Waals surface area contributed by atoms with Crippen molar-refractivity contribution in [2.75, 3.05) is 6.54 Å². The second-order valence-corrected chi connectivity index (χ2v) is 7.55. The third kappa shape index (κ3) is 3.94. The first-order chi connectivity index (χ1) is 8.88. The molecule has 1 unspecified atom stereocenters. The van der Waals surface area contributed by atoms with Crippen LogP contribution in [0.5, 0.6) is 0 Å². The van der Waals surface area contributed by atoms with Crippen LogP contribution in [-0.4, -0.2) is 20.9 Å². The highest BCUT2D eigenvalue weighted by Crippen LogP contribution is 2.36. The molecule has 19 heavy (non-hydrogen) atoms. The van der Waals surface area contributed by atoms with Gasteiger partial charge < -0.3 is 5.32 Å². The molecule has 1 aromatic rings. The molecule has 0 saturated heterocycles. The smallest absolute Gasteiger partial charge is 0.261 e. The first-order valence-corrected chi connectivity index (χ1v) is 8.52. The van der Waals surface area contributed by atoms with E-state index in [1.165, 1.54) is 37.1 Å². The van der Waals surface area contributed by atoms with Crippen molar-refractivity contribution in [3.8, 4) is 0 Å². The van der Waals surface area contributed by atoms with E-state index in [0.29, 0.717) is 18.0 Å². The maximum absolute atomic E-state index is 11.9. The zero-order chi connectivity index (χ0) is 14.0. The third-order valence-electron chi connectivity index (χ3n) is 3.41. The highest BCUT2D eigenvalue weighted by atomic mass is 35.7. The normalized spacial score (nSPS) is 16.9. The van der Waals surface area contributed by atoms with Crippen molar-refractivity contribution in [1.82, 2.24) is 5.32 Å². The molecule has 104 valence electrons. The molecule has 0 aromatic heterocycles. The average Bonchev–Trinajstić information content (AvgIpc) is 3.19. The van der Waals surface area contributed by atoms with Crippen LogP contribution in [0, 0.1) is 11.8 Å². The van der Waals surface area contributed by atoms with Gasteiger partial charge in [-0.3, -0.25) is 4.79 Å². The Morgan fingerprint density at radius 3 is 2.42 bits per heavy atom. The fraction of sp³-hybridized carbons (Fsp3) is 0.462. The Morgan fingerprint density at radius 1 is 1.37 bits per heavy atom. The molecule has 1 N–H and O–H groups in total. The van der Waals surface area contributed by atoms with Gasteiger partial charge in [-0.05, 0) is 48.9 Å². The van der Waals surface area contributed by atoms with Gasteiger partial charge in [-0.15, -0.1) is 0 Å². The van der Waals surface area contributed by atoms with Crippen molar-refractivity contribution in [3.63, 3.8) is 0 Å². The summed E-state index contributed by atoms with van der Waals surface area (Å²) in [7, 11) is 1.47. The first kappa shape index (κ1) is 14.3. The Balaban J connectivity index is 1.95. The van der Waals surface area contributed by atoms with Gasteiger partial charge in [0.15, 0.2) is 0 Å². The summed E-state index contributed by atoms with van der Waals surface area (Å²) in [5.41, 5.74) is 0.437. The summed E-state index contributed by atoms with van der Waals surface area (Å²) in [4.78, 5) is 11.9. The van der Waals surface area contributed by atoms with E-state index in [-0.39, 0.29) is 10.8 Å². The maximum Gasteiger partial charge on any atom is 0.261 e. The Labute approximate surface area is 117 Å². The van der Waals surface area contributed by atoms with Crippen molar-refractivity contribution in [3.05, 3.63) is 29.8 Å². The van der Waals surface area contributed by atoms with Crippen LogP contribution in [0.2, 0.25) is 0 Å². The number of amides is 1. The molecule has 1 aliphatic carbocycles. The molecule has 4 nitrogen and oxygen atoms in total. The van der Waals surface area contributed by atoms with Gasteiger partial charge in [0.05, 0.1) is 4.90 Å². The molecule has 0 bridgehead atoms. The van der Waals surface area contributed by atoms with Gasteiger partial charge in [-0.2, -0.15) is 0 Å². The summed E-state index contributed by atoms with van der Waals surface area (Å²) in [6.07, 6.45) is 2.50. The van der Waals surface area contributed by atoms with Crippen LogP contribution in [0.25, 0.3) is 0 Å². The molecule has 1 aromatic carbocycles. The molecule has 6 heteroatoms. The van der Waals surface area contributed by atoms with Crippen molar-refractivity contribution in [2.45, 2.75) is 24.7 Å². The van der Waals surface area contributed by atoms with E-state index in [2.05, 4.69) is 12.2 Å². The number of hydrogen-bond donors (Lipinski definition) is 1. The monoisotopic (exact) mass is 301 g/mol. The van der Waals surface area contributed by atoms with Gasteiger partial charge in [-0.25, -0.2) is 8.42 Å². The molecule has 1 aliphatic rings. The maximum atomic E-state index is 11.9. The molecule has 0 radical (unpaired) electrons. The number of nitrogens with one attached hydrogen (secondary N) is 1. The van der Waals surface area contributed by atoms with E-state index in [9.17, 15) is 13.2 Å². The van der Waals surface area contributed by atoms with Gasteiger partial charge in [0.2, 0.25) is 0 Å². The zero-order valence-corrected chi connectivity index (χ0v) is 12.2. The van der Waals surface area contributed by atoms with Crippen LogP contribution in [0.3, 0.4) is 0 Å². The first-order valence-electron chi connectivity index (χ1n) is 6.21. The molecule has 1 atom stereocenters. The Kier molecular flexibility index (Phi) is 4.16. The van der Waals surface area contributed by atoms with Gasteiger partial charge in [0.25, 0.3) is 15.0 Å². The standard InChI is InChI=1S/C13H16ClNO3S/c1-9(10-2-3-10)8-15-13(16)11-4-6-12(7-5-11)19(14,17)18/h4-7,9-10H,2-3,8H2,1H3,(H,15,16). The number of benzene rings is 1. The lowest BCUT2D eigenvalue weighted by atomic mass is 10.1. The summed E-state index contributed by atoms with van der Waals surface area (Å²) < 4.78 is 22.2. The van der Waals surface area contributed by atoms with Crippen LogP contribution in [0.1, 0.15) is 30.1 Å². The number of halogens is 1. The number of hydrogen-bond acceptors (Lipinski definition) is 3. The minimum Gasteiger partial charge on any atom is -0.352 e. The summed E-state index contributed by atoms with van der Waals surface area (Å²) in [5, 5.41) is 2.86. The minimum absolute atomic E-state index is 0.00272. The van der Waals surface area contributed by atoms with Crippen molar-refractivity contribution in [1.29, 1.82) is 0 Å². The third-order valence-corrected chi connectivity index (χ3v) is 4.78. The van der Waals surface area contributed by atoms with Gasteiger partial charge in [-0.1, -0.05) is 6.92 Å². The topological polar surface area (TPSA) is 63.2 Å². The fourth-order valence-corrected chi connectivity index (χ4v) is 2.73. The highest BCUT2D eigenvalue weighted by Gasteiger charge is 2.27. The lowest BCUT2D eigenvalue weighted by Crippen LogP contribution is -2.28. The van der Waals surface area contributed by atoms with Crippen LogP contribution < -0.4 is 5.32 Å². The fourth-order valence-electron chi connectivity index (χ4n) is 1.96. The molecule has 2 rings (SSSR count). The largest absolute Gasteiger partial charge is 0.352 e. The average molecular weight is 302 g/mol.